The Kier molecular flexibility index (Phi) is 3.52. The number of carbonyl (C=O) groups is 1. The van der Waals surface area contributed by atoms with Gasteiger partial charge in [0.15, 0.2) is 0 Å². The van der Waals surface area contributed by atoms with Crippen molar-refractivity contribution in [1.82, 2.24) is 4.98 Å². The lowest BCUT2D eigenvalue weighted by atomic mass is 10.3. The molecular formula is C11H7FN2O4S. The van der Waals surface area contributed by atoms with Crippen LogP contribution in [0.15, 0.2) is 23.7 Å². The van der Waals surface area contributed by atoms with Crippen LogP contribution in [0.3, 0.4) is 0 Å². The van der Waals surface area contributed by atoms with Crippen LogP contribution in [0.2, 0.25) is 0 Å². The van der Waals surface area contributed by atoms with E-state index in [1.165, 1.54) is 5.51 Å². The van der Waals surface area contributed by atoms with Crippen molar-refractivity contribution < 1.29 is 18.8 Å². The number of benzene rings is 1. The molecule has 0 amide bonds. The van der Waals surface area contributed by atoms with Gasteiger partial charge in [-0.15, -0.1) is 11.3 Å². The lowest BCUT2D eigenvalue weighted by Crippen LogP contribution is -2.09. The van der Waals surface area contributed by atoms with Gasteiger partial charge in [-0.1, -0.05) is 0 Å². The fourth-order valence-electron chi connectivity index (χ4n) is 1.36. The Morgan fingerprint density at radius 2 is 2.26 bits per heavy atom. The fourth-order valence-corrected chi connectivity index (χ4v) is 2.04. The number of esters is 1. The van der Waals surface area contributed by atoms with Crippen LogP contribution in [0, 0.1) is 22.9 Å². The highest BCUT2D eigenvalue weighted by Gasteiger charge is 2.21. The number of halogens is 1. The Balaban J connectivity index is 2.33. The van der Waals surface area contributed by atoms with Crippen LogP contribution in [0.4, 0.5) is 10.1 Å². The zero-order chi connectivity index (χ0) is 14.0. The lowest BCUT2D eigenvalue weighted by molar-refractivity contribution is -0.385. The SMILES string of the molecule is Cc1ncsc1C(=O)Oc1cc(F)ccc1[N+](=O)[O-]. The maximum atomic E-state index is 13.1. The van der Waals surface area contributed by atoms with Crippen molar-refractivity contribution >= 4 is 23.0 Å². The monoisotopic (exact) mass is 282 g/mol. The van der Waals surface area contributed by atoms with Crippen LogP contribution < -0.4 is 4.74 Å². The first-order chi connectivity index (χ1) is 8.99. The minimum Gasteiger partial charge on any atom is -0.415 e. The number of nitro benzene ring substituents is 1. The van der Waals surface area contributed by atoms with Crippen molar-refractivity contribution in [3.05, 3.63) is 50.2 Å². The Hall–Kier alpha value is -2.35. The second-order valence-corrected chi connectivity index (χ2v) is 4.38. The predicted octanol–water partition coefficient (Wildman–Crippen LogP) is 2.72. The van der Waals surface area contributed by atoms with Crippen molar-refractivity contribution in [3.63, 3.8) is 0 Å². The Morgan fingerprint density at radius 1 is 1.53 bits per heavy atom. The molecular weight excluding hydrogens is 275 g/mol. The minimum absolute atomic E-state index is 0.221. The van der Waals surface area contributed by atoms with E-state index in [-0.39, 0.29) is 4.88 Å². The molecule has 0 spiro atoms. The molecule has 8 heteroatoms. The summed E-state index contributed by atoms with van der Waals surface area (Å²) in [6, 6.07) is 2.66. The number of aryl methyl sites for hydroxylation is 1. The van der Waals surface area contributed by atoms with Crippen molar-refractivity contribution in [2.45, 2.75) is 6.92 Å². The maximum Gasteiger partial charge on any atom is 0.355 e. The van der Waals surface area contributed by atoms with Crippen molar-refractivity contribution in [3.8, 4) is 5.75 Å². The van der Waals surface area contributed by atoms with Crippen LogP contribution in [-0.4, -0.2) is 15.9 Å². The number of carbonyl (C=O) groups excluding carboxylic acids is 1. The molecule has 2 aromatic rings. The first-order valence-corrected chi connectivity index (χ1v) is 5.93. The summed E-state index contributed by atoms with van der Waals surface area (Å²) in [4.78, 5) is 25.9. The summed E-state index contributed by atoms with van der Waals surface area (Å²) >= 11 is 1.05. The summed E-state index contributed by atoms with van der Waals surface area (Å²) in [7, 11) is 0. The van der Waals surface area contributed by atoms with Gasteiger partial charge in [-0.2, -0.15) is 0 Å². The van der Waals surface area contributed by atoms with E-state index in [4.69, 9.17) is 4.74 Å². The highest BCUT2D eigenvalue weighted by Crippen LogP contribution is 2.28. The number of hydrogen-bond acceptors (Lipinski definition) is 6. The summed E-state index contributed by atoms with van der Waals surface area (Å²) in [6.45, 7) is 1.60. The van der Waals surface area contributed by atoms with Crippen LogP contribution >= 0.6 is 11.3 Å². The van der Waals surface area contributed by atoms with Crippen LogP contribution in [0.5, 0.6) is 5.75 Å². The molecule has 0 aliphatic heterocycles. The predicted molar refractivity (Wildman–Crippen MR) is 64.9 cm³/mol. The minimum atomic E-state index is -0.797. The van der Waals surface area contributed by atoms with Crippen molar-refractivity contribution in [1.29, 1.82) is 0 Å². The maximum absolute atomic E-state index is 13.1. The van der Waals surface area contributed by atoms with Gasteiger partial charge in [0.25, 0.3) is 0 Å². The molecule has 0 atom stereocenters. The number of ether oxygens (including phenoxy) is 1. The van der Waals surface area contributed by atoms with E-state index in [2.05, 4.69) is 4.98 Å². The Morgan fingerprint density at radius 3 is 2.84 bits per heavy atom. The number of nitro groups is 1. The summed E-state index contributed by atoms with van der Waals surface area (Å²) < 4.78 is 17.9. The van der Waals surface area contributed by atoms with E-state index in [0.717, 1.165) is 29.5 Å². The third-order valence-corrected chi connectivity index (χ3v) is 3.16. The van der Waals surface area contributed by atoms with Crippen LogP contribution in [-0.2, 0) is 0 Å². The van der Waals surface area contributed by atoms with E-state index in [0.29, 0.717) is 5.69 Å². The second kappa shape index (κ2) is 5.11. The van der Waals surface area contributed by atoms with Gasteiger partial charge in [-0.3, -0.25) is 10.1 Å². The fraction of sp³-hybridized carbons (Fsp3) is 0.0909. The normalized spacial score (nSPS) is 10.2. The zero-order valence-electron chi connectivity index (χ0n) is 9.62. The van der Waals surface area contributed by atoms with Gasteiger partial charge >= 0.3 is 11.7 Å². The van der Waals surface area contributed by atoms with Crippen LogP contribution in [0.25, 0.3) is 0 Å². The smallest absolute Gasteiger partial charge is 0.355 e. The lowest BCUT2D eigenvalue weighted by Gasteiger charge is -2.04. The van der Waals surface area contributed by atoms with Gasteiger partial charge in [0.2, 0.25) is 5.75 Å². The molecule has 6 nitrogen and oxygen atoms in total. The van der Waals surface area contributed by atoms with E-state index in [9.17, 15) is 19.3 Å². The first-order valence-electron chi connectivity index (χ1n) is 5.05. The van der Waals surface area contributed by atoms with Gasteiger partial charge in [0.05, 0.1) is 16.1 Å². The molecule has 1 aromatic carbocycles. The van der Waals surface area contributed by atoms with Gasteiger partial charge in [0, 0.05) is 12.1 Å². The number of thiazole rings is 1. The summed E-state index contributed by atoms with van der Waals surface area (Å²) in [5.41, 5.74) is 1.43. The average molecular weight is 282 g/mol. The average Bonchev–Trinajstić information content (AvgIpc) is 2.75. The van der Waals surface area contributed by atoms with Gasteiger partial charge < -0.3 is 4.74 Å². The molecule has 0 saturated heterocycles. The number of nitrogens with zero attached hydrogens (tertiary/aromatic N) is 2. The third-order valence-electron chi connectivity index (χ3n) is 2.25. The van der Waals surface area contributed by atoms with E-state index < -0.39 is 28.1 Å². The summed E-state index contributed by atoms with van der Waals surface area (Å²) in [5, 5.41) is 10.8. The summed E-state index contributed by atoms with van der Waals surface area (Å²) in [5.74, 6) is -1.95. The van der Waals surface area contributed by atoms with Gasteiger partial charge in [0.1, 0.15) is 10.7 Å². The Bertz CT molecular complexity index is 656. The largest absolute Gasteiger partial charge is 0.415 e. The van der Waals surface area contributed by atoms with Gasteiger partial charge in [-0.05, 0) is 13.0 Å². The molecule has 0 aliphatic carbocycles. The molecule has 19 heavy (non-hydrogen) atoms. The Labute approximate surface area is 110 Å². The molecule has 0 aliphatic rings. The van der Waals surface area contributed by atoms with E-state index in [1.54, 1.807) is 6.92 Å². The molecule has 0 bridgehead atoms. The second-order valence-electron chi connectivity index (χ2n) is 3.53. The highest BCUT2D eigenvalue weighted by molar-refractivity contribution is 7.11. The first kappa shape index (κ1) is 13.1. The molecule has 1 aromatic heterocycles. The van der Waals surface area contributed by atoms with E-state index in [1.807, 2.05) is 0 Å². The van der Waals surface area contributed by atoms with Crippen molar-refractivity contribution in [2.24, 2.45) is 0 Å². The summed E-state index contributed by atoms with van der Waals surface area (Å²) in [6.07, 6.45) is 0. The molecule has 1 heterocycles. The zero-order valence-corrected chi connectivity index (χ0v) is 10.4. The number of rotatable bonds is 3. The van der Waals surface area contributed by atoms with Crippen molar-refractivity contribution in [2.75, 3.05) is 0 Å². The number of hydrogen-bond donors (Lipinski definition) is 0. The molecule has 98 valence electrons. The molecule has 0 fully saturated rings. The topological polar surface area (TPSA) is 82.3 Å². The molecule has 0 N–H and O–H groups in total. The molecule has 0 unspecified atom stereocenters. The number of aromatic nitrogens is 1. The molecule has 0 saturated carbocycles. The molecule has 2 rings (SSSR count). The highest BCUT2D eigenvalue weighted by atomic mass is 32.1. The third kappa shape index (κ3) is 2.74. The van der Waals surface area contributed by atoms with E-state index >= 15 is 0 Å². The van der Waals surface area contributed by atoms with Crippen LogP contribution in [0.1, 0.15) is 15.4 Å². The van der Waals surface area contributed by atoms with Gasteiger partial charge in [-0.25, -0.2) is 14.2 Å². The quantitative estimate of drug-likeness (QED) is 0.374. The standard InChI is InChI=1S/C11H7FN2O4S/c1-6-10(19-5-13-6)11(15)18-9-4-7(12)2-3-8(9)14(16)17/h2-5H,1H3. The molecule has 0 radical (unpaired) electrons.